The second-order valence-corrected chi connectivity index (χ2v) is 8.12. The van der Waals surface area contributed by atoms with Crippen LogP contribution in [0.5, 0.6) is 5.88 Å². The standard InChI is InChI=1S/C22H18F4N8O2/c1-32-18(21(30-31-32)16-5-4-13(7-17(16)23)22(24,25)26)12-34-20(35)8-14(9-28-34)33-10-15(11-33)36-19-3-2-6-27-29-19/h2-9,15H,10-12H2,1H3. The summed E-state index contributed by atoms with van der Waals surface area (Å²) in [6, 6.07) is 7.00. The number of halogens is 4. The molecule has 0 N–H and O–H groups in total. The molecule has 0 atom stereocenters. The van der Waals surface area contributed by atoms with E-state index in [4.69, 9.17) is 4.74 Å². The van der Waals surface area contributed by atoms with Gasteiger partial charge in [-0.25, -0.2) is 13.8 Å². The first-order valence-electron chi connectivity index (χ1n) is 10.7. The molecule has 3 aromatic heterocycles. The van der Waals surface area contributed by atoms with Crippen LogP contribution in [0, 0.1) is 5.82 Å². The summed E-state index contributed by atoms with van der Waals surface area (Å²) in [5.74, 6) is -0.681. The lowest BCUT2D eigenvalue weighted by Gasteiger charge is -2.39. The Labute approximate surface area is 200 Å². The number of ether oxygens (including phenoxy) is 1. The Morgan fingerprint density at radius 2 is 1.94 bits per heavy atom. The minimum atomic E-state index is -4.68. The average Bonchev–Trinajstić information content (AvgIpc) is 3.17. The molecule has 0 aliphatic carbocycles. The molecule has 0 bridgehead atoms. The highest BCUT2D eigenvalue weighted by Crippen LogP contribution is 2.33. The average molecular weight is 502 g/mol. The molecule has 0 unspecified atom stereocenters. The van der Waals surface area contributed by atoms with Gasteiger partial charge in [-0.2, -0.15) is 23.4 Å². The van der Waals surface area contributed by atoms with Crippen molar-refractivity contribution in [3.63, 3.8) is 0 Å². The van der Waals surface area contributed by atoms with Gasteiger partial charge in [0.15, 0.2) is 0 Å². The van der Waals surface area contributed by atoms with Crippen molar-refractivity contribution in [1.29, 1.82) is 0 Å². The Morgan fingerprint density at radius 1 is 1.14 bits per heavy atom. The first-order valence-corrected chi connectivity index (χ1v) is 10.7. The first-order chi connectivity index (χ1) is 17.2. The number of aryl methyl sites for hydroxylation is 1. The van der Waals surface area contributed by atoms with Gasteiger partial charge >= 0.3 is 6.18 Å². The van der Waals surface area contributed by atoms with Crippen LogP contribution < -0.4 is 15.2 Å². The van der Waals surface area contributed by atoms with E-state index in [0.717, 1.165) is 16.8 Å². The summed E-state index contributed by atoms with van der Waals surface area (Å²) in [4.78, 5) is 14.7. The highest BCUT2D eigenvalue weighted by Gasteiger charge is 2.32. The van der Waals surface area contributed by atoms with Gasteiger partial charge in [-0.15, -0.1) is 10.2 Å². The van der Waals surface area contributed by atoms with Crippen molar-refractivity contribution in [2.24, 2.45) is 7.05 Å². The summed E-state index contributed by atoms with van der Waals surface area (Å²) >= 11 is 0. The highest BCUT2D eigenvalue weighted by atomic mass is 19.4. The zero-order chi connectivity index (χ0) is 25.4. The molecule has 14 heteroatoms. The lowest BCUT2D eigenvalue weighted by Crippen LogP contribution is -2.54. The quantitative estimate of drug-likeness (QED) is 0.370. The third kappa shape index (κ3) is 4.61. The Hall–Kier alpha value is -4.36. The maximum atomic E-state index is 14.5. The fourth-order valence-electron chi connectivity index (χ4n) is 3.75. The second kappa shape index (κ2) is 9.02. The molecule has 4 heterocycles. The van der Waals surface area contributed by atoms with Crippen molar-refractivity contribution in [1.82, 2.24) is 35.0 Å². The zero-order valence-corrected chi connectivity index (χ0v) is 18.7. The van der Waals surface area contributed by atoms with Crippen molar-refractivity contribution in [2.75, 3.05) is 18.0 Å². The van der Waals surface area contributed by atoms with Crippen molar-refractivity contribution in [2.45, 2.75) is 18.8 Å². The fraction of sp³-hybridized carbons (Fsp3) is 0.273. The molecule has 1 saturated heterocycles. The molecule has 0 spiro atoms. The summed E-state index contributed by atoms with van der Waals surface area (Å²) in [5, 5.41) is 19.6. The number of rotatable bonds is 6. The molecular weight excluding hydrogens is 484 g/mol. The molecule has 36 heavy (non-hydrogen) atoms. The van der Waals surface area contributed by atoms with Crippen LogP contribution in [0.1, 0.15) is 11.3 Å². The first kappa shape index (κ1) is 23.4. The van der Waals surface area contributed by atoms with Gasteiger partial charge < -0.3 is 9.64 Å². The van der Waals surface area contributed by atoms with E-state index in [0.29, 0.717) is 36.4 Å². The molecular formula is C22H18F4N8O2. The maximum Gasteiger partial charge on any atom is 0.416 e. The number of alkyl halides is 3. The lowest BCUT2D eigenvalue weighted by molar-refractivity contribution is -0.137. The van der Waals surface area contributed by atoms with Gasteiger partial charge in [-0.1, -0.05) is 5.21 Å². The molecule has 10 nitrogen and oxygen atoms in total. The maximum absolute atomic E-state index is 14.5. The molecule has 1 aliphatic heterocycles. The predicted molar refractivity (Wildman–Crippen MR) is 118 cm³/mol. The number of anilines is 1. The van der Waals surface area contributed by atoms with Crippen LogP contribution in [0.4, 0.5) is 23.2 Å². The SMILES string of the molecule is Cn1nnc(-c2ccc(C(F)(F)F)cc2F)c1Cn1ncc(N2CC(Oc3cccnn3)C2)cc1=O. The molecule has 0 amide bonds. The molecule has 1 aromatic carbocycles. The Balaban J connectivity index is 1.31. The molecule has 1 fully saturated rings. The number of aromatic nitrogens is 7. The van der Waals surface area contributed by atoms with Crippen LogP contribution in [-0.4, -0.2) is 54.2 Å². The molecule has 1 aliphatic rings. The Bertz CT molecular complexity index is 1450. The summed E-state index contributed by atoms with van der Waals surface area (Å²) in [7, 11) is 1.53. The monoisotopic (exact) mass is 502 g/mol. The molecule has 186 valence electrons. The van der Waals surface area contributed by atoms with Gasteiger partial charge in [0.1, 0.15) is 17.6 Å². The van der Waals surface area contributed by atoms with Gasteiger partial charge in [0, 0.05) is 30.9 Å². The van der Waals surface area contributed by atoms with Crippen LogP contribution >= 0.6 is 0 Å². The second-order valence-electron chi connectivity index (χ2n) is 8.12. The van der Waals surface area contributed by atoms with Crippen molar-refractivity contribution in [3.05, 3.63) is 76.2 Å². The Kier molecular flexibility index (Phi) is 5.86. The number of benzene rings is 1. The summed E-state index contributed by atoms with van der Waals surface area (Å²) < 4.78 is 61.4. The zero-order valence-electron chi connectivity index (χ0n) is 18.7. The molecule has 0 saturated carbocycles. The predicted octanol–water partition coefficient (Wildman–Crippen LogP) is 2.30. The summed E-state index contributed by atoms with van der Waals surface area (Å²) in [6.07, 6.45) is -1.72. The van der Waals surface area contributed by atoms with Crippen LogP contribution in [0.25, 0.3) is 11.3 Å². The van der Waals surface area contributed by atoms with E-state index in [-0.39, 0.29) is 23.9 Å². The van der Waals surface area contributed by atoms with E-state index >= 15 is 0 Å². The van der Waals surface area contributed by atoms with E-state index in [1.54, 1.807) is 18.3 Å². The van der Waals surface area contributed by atoms with E-state index in [9.17, 15) is 22.4 Å². The van der Waals surface area contributed by atoms with Gasteiger partial charge in [-0.05, 0) is 24.3 Å². The van der Waals surface area contributed by atoms with E-state index < -0.39 is 23.1 Å². The van der Waals surface area contributed by atoms with E-state index in [1.165, 1.54) is 24.0 Å². The molecule has 0 radical (unpaired) electrons. The lowest BCUT2D eigenvalue weighted by atomic mass is 10.1. The van der Waals surface area contributed by atoms with Crippen LogP contribution in [0.15, 0.2) is 53.6 Å². The van der Waals surface area contributed by atoms with Crippen molar-refractivity contribution >= 4 is 5.69 Å². The van der Waals surface area contributed by atoms with E-state index in [1.807, 2.05) is 4.90 Å². The smallest absolute Gasteiger partial charge is 0.416 e. The topological polar surface area (TPSA) is 104 Å². The highest BCUT2D eigenvalue weighted by molar-refractivity contribution is 5.63. The number of hydrogen-bond acceptors (Lipinski definition) is 8. The number of hydrogen-bond donors (Lipinski definition) is 0. The minimum absolute atomic E-state index is 0.0215. The summed E-state index contributed by atoms with van der Waals surface area (Å²) in [6.45, 7) is 0.951. The Morgan fingerprint density at radius 3 is 2.61 bits per heavy atom. The fourth-order valence-corrected chi connectivity index (χ4v) is 3.75. The van der Waals surface area contributed by atoms with Crippen LogP contribution in [0.3, 0.4) is 0 Å². The third-order valence-corrected chi connectivity index (χ3v) is 5.70. The molecule has 4 aromatic rings. The van der Waals surface area contributed by atoms with Gasteiger partial charge in [-0.3, -0.25) is 4.79 Å². The van der Waals surface area contributed by atoms with Gasteiger partial charge in [0.25, 0.3) is 5.56 Å². The summed E-state index contributed by atoms with van der Waals surface area (Å²) in [5.41, 5.74) is -0.771. The van der Waals surface area contributed by atoms with Gasteiger partial charge in [0.2, 0.25) is 5.88 Å². The minimum Gasteiger partial charge on any atom is -0.469 e. The van der Waals surface area contributed by atoms with Crippen LogP contribution in [0.2, 0.25) is 0 Å². The normalized spacial score (nSPS) is 14.1. The third-order valence-electron chi connectivity index (χ3n) is 5.70. The number of nitrogens with zero attached hydrogens (tertiary/aromatic N) is 8. The van der Waals surface area contributed by atoms with Crippen LogP contribution in [-0.2, 0) is 19.8 Å². The van der Waals surface area contributed by atoms with Gasteiger partial charge in [0.05, 0.1) is 42.8 Å². The van der Waals surface area contributed by atoms with E-state index in [2.05, 4.69) is 25.6 Å². The largest absolute Gasteiger partial charge is 0.469 e. The molecule has 5 rings (SSSR count). The van der Waals surface area contributed by atoms with Crippen molar-refractivity contribution in [3.8, 4) is 17.1 Å². The van der Waals surface area contributed by atoms with Crippen molar-refractivity contribution < 1.29 is 22.3 Å².